The van der Waals surface area contributed by atoms with E-state index in [0.717, 1.165) is 38.6 Å². The van der Waals surface area contributed by atoms with Gasteiger partial charge < -0.3 is 9.80 Å². The molecule has 8 aromatic rings. The number of rotatable bonds is 8. The SMILES string of the molecule is Brc1ccc2c(c1)C(c1ccc(N(c3ccccc3)c3ccccc3)cc1)(c1ccc(N(c3ccccc3)c3ccccc3)cc1)c1ccccc1-2. The molecule has 8 aromatic carbocycles. The van der Waals surface area contributed by atoms with Crippen molar-refractivity contribution >= 4 is 50.1 Å². The van der Waals surface area contributed by atoms with Crippen LogP contribution >= 0.6 is 15.9 Å². The lowest BCUT2D eigenvalue weighted by Gasteiger charge is -2.35. The molecule has 0 saturated carbocycles. The van der Waals surface area contributed by atoms with E-state index in [2.05, 4.69) is 238 Å². The third-order valence-electron chi connectivity index (χ3n) is 10.2. The number of fused-ring (bicyclic) bond motifs is 3. The fourth-order valence-corrected chi connectivity index (χ4v) is 8.33. The minimum atomic E-state index is -0.540. The second kappa shape index (κ2) is 13.5. The topological polar surface area (TPSA) is 6.48 Å². The Morgan fingerprint density at radius 1 is 0.308 bits per heavy atom. The van der Waals surface area contributed by atoms with Gasteiger partial charge in [-0.15, -0.1) is 0 Å². The number of para-hydroxylation sites is 4. The van der Waals surface area contributed by atoms with Gasteiger partial charge in [0.25, 0.3) is 0 Å². The van der Waals surface area contributed by atoms with Gasteiger partial charge in [0.05, 0.1) is 5.41 Å². The highest BCUT2D eigenvalue weighted by molar-refractivity contribution is 9.10. The number of anilines is 6. The summed E-state index contributed by atoms with van der Waals surface area (Å²) in [6.07, 6.45) is 0. The van der Waals surface area contributed by atoms with Gasteiger partial charge in [-0.05, 0) is 118 Å². The molecule has 3 heteroatoms. The van der Waals surface area contributed by atoms with Gasteiger partial charge in [0.15, 0.2) is 0 Å². The molecule has 1 aliphatic rings. The first-order valence-electron chi connectivity index (χ1n) is 17.6. The molecule has 0 unspecified atom stereocenters. The zero-order chi connectivity index (χ0) is 34.9. The Kier molecular flexibility index (Phi) is 8.27. The van der Waals surface area contributed by atoms with Crippen LogP contribution in [0.4, 0.5) is 34.1 Å². The van der Waals surface area contributed by atoms with Gasteiger partial charge in [-0.25, -0.2) is 0 Å². The molecule has 9 rings (SSSR count). The van der Waals surface area contributed by atoms with Crippen molar-refractivity contribution in [2.75, 3.05) is 9.80 Å². The lowest BCUT2D eigenvalue weighted by molar-refractivity contribution is 0.768. The van der Waals surface area contributed by atoms with Gasteiger partial charge in [0.1, 0.15) is 0 Å². The summed E-state index contributed by atoms with van der Waals surface area (Å²) in [5, 5.41) is 0. The first kappa shape index (κ1) is 31.8. The van der Waals surface area contributed by atoms with E-state index in [9.17, 15) is 0 Å². The van der Waals surface area contributed by atoms with Crippen LogP contribution in [0.1, 0.15) is 22.3 Å². The van der Waals surface area contributed by atoms with Gasteiger partial charge >= 0.3 is 0 Å². The summed E-state index contributed by atoms with van der Waals surface area (Å²) in [6.45, 7) is 0. The molecule has 0 N–H and O–H groups in total. The molecule has 0 aliphatic heterocycles. The van der Waals surface area contributed by atoms with Crippen LogP contribution in [0, 0.1) is 0 Å². The standard InChI is InChI=1S/C49H35BrN2/c50-38-29-34-46-45-23-13-14-24-47(45)49(48(46)35-38,36-25-30-43(31-26-36)51(39-15-5-1-6-16-39)40-17-7-2-8-18-40)37-27-32-44(33-28-37)52(41-19-9-3-10-20-41)42-21-11-4-12-22-42/h1-35H. The molecule has 248 valence electrons. The molecule has 2 nitrogen and oxygen atoms in total. The van der Waals surface area contributed by atoms with Crippen LogP contribution in [0.2, 0.25) is 0 Å². The smallest absolute Gasteiger partial charge is 0.0714 e. The molecule has 0 heterocycles. The van der Waals surface area contributed by atoms with E-state index in [4.69, 9.17) is 0 Å². The zero-order valence-electron chi connectivity index (χ0n) is 28.5. The predicted octanol–water partition coefficient (Wildman–Crippen LogP) is 13.8. The molecule has 0 amide bonds. The summed E-state index contributed by atoms with van der Waals surface area (Å²) >= 11 is 3.86. The van der Waals surface area contributed by atoms with Crippen molar-refractivity contribution in [3.8, 4) is 11.1 Å². The molecule has 0 aromatic heterocycles. The highest BCUT2D eigenvalue weighted by Crippen LogP contribution is 2.57. The molecule has 0 radical (unpaired) electrons. The van der Waals surface area contributed by atoms with E-state index in [1.54, 1.807) is 0 Å². The fraction of sp³-hybridized carbons (Fsp3) is 0.0204. The molecule has 0 bridgehead atoms. The van der Waals surface area contributed by atoms with Crippen LogP contribution in [0.3, 0.4) is 0 Å². The average molecular weight is 732 g/mol. The molecular weight excluding hydrogens is 696 g/mol. The van der Waals surface area contributed by atoms with Crippen molar-refractivity contribution in [3.63, 3.8) is 0 Å². The normalized spacial score (nSPS) is 12.5. The highest BCUT2D eigenvalue weighted by atomic mass is 79.9. The van der Waals surface area contributed by atoms with Gasteiger partial charge in [-0.2, -0.15) is 0 Å². The number of nitrogens with zero attached hydrogens (tertiary/aromatic N) is 2. The third kappa shape index (κ3) is 5.42. The maximum Gasteiger partial charge on any atom is 0.0714 e. The molecule has 0 atom stereocenters. The van der Waals surface area contributed by atoms with Crippen molar-refractivity contribution in [2.45, 2.75) is 5.41 Å². The largest absolute Gasteiger partial charge is 0.311 e. The minimum absolute atomic E-state index is 0.540. The quantitative estimate of drug-likeness (QED) is 0.154. The Morgan fingerprint density at radius 3 is 1.08 bits per heavy atom. The summed E-state index contributed by atoms with van der Waals surface area (Å²) in [7, 11) is 0. The van der Waals surface area contributed by atoms with E-state index in [1.807, 2.05) is 0 Å². The van der Waals surface area contributed by atoms with E-state index in [0.29, 0.717) is 0 Å². The minimum Gasteiger partial charge on any atom is -0.311 e. The van der Waals surface area contributed by atoms with E-state index >= 15 is 0 Å². The molecule has 1 aliphatic carbocycles. The maximum absolute atomic E-state index is 3.86. The monoisotopic (exact) mass is 730 g/mol. The third-order valence-corrected chi connectivity index (χ3v) is 10.7. The molecule has 0 fully saturated rings. The summed E-state index contributed by atoms with van der Waals surface area (Å²) in [5.41, 5.74) is 13.7. The lowest BCUT2D eigenvalue weighted by Crippen LogP contribution is -2.28. The van der Waals surface area contributed by atoms with Crippen LogP contribution in [0.25, 0.3) is 11.1 Å². The Morgan fingerprint density at radius 2 is 0.654 bits per heavy atom. The Bertz CT molecular complexity index is 2240. The summed E-state index contributed by atoms with van der Waals surface area (Å²) in [4.78, 5) is 4.64. The lowest BCUT2D eigenvalue weighted by atomic mass is 9.67. The fourth-order valence-electron chi connectivity index (χ4n) is 7.96. The van der Waals surface area contributed by atoms with Crippen LogP contribution in [0.5, 0.6) is 0 Å². The van der Waals surface area contributed by atoms with Crippen molar-refractivity contribution in [1.82, 2.24) is 0 Å². The number of benzene rings is 8. The van der Waals surface area contributed by atoms with Crippen molar-refractivity contribution in [3.05, 3.63) is 239 Å². The van der Waals surface area contributed by atoms with Gasteiger partial charge in [0.2, 0.25) is 0 Å². The Balaban J connectivity index is 1.23. The molecule has 0 spiro atoms. The predicted molar refractivity (Wildman–Crippen MR) is 221 cm³/mol. The van der Waals surface area contributed by atoms with Crippen LogP contribution < -0.4 is 9.80 Å². The maximum atomic E-state index is 3.86. The first-order chi connectivity index (χ1) is 25.7. The van der Waals surface area contributed by atoms with Crippen molar-refractivity contribution in [1.29, 1.82) is 0 Å². The summed E-state index contributed by atoms with van der Waals surface area (Å²) in [6, 6.07) is 76.4. The second-order valence-corrected chi connectivity index (χ2v) is 14.0. The number of hydrogen-bond donors (Lipinski definition) is 0. The van der Waals surface area contributed by atoms with Gasteiger partial charge in [0, 0.05) is 38.6 Å². The number of halogens is 1. The van der Waals surface area contributed by atoms with Crippen molar-refractivity contribution < 1.29 is 0 Å². The van der Waals surface area contributed by atoms with Gasteiger partial charge in [-0.1, -0.05) is 143 Å². The first-order valence-corrected chi connectivity index (χ1v) is 18.4. The van der Waals surface area contributed by atoms with E-state index in [-0.39, 0.29) is 0 Å². The zero-order valence-corrected chi connectivity index (χ0v) is 30.1. The highest BCUT2D eigenvalue weighted by Gasteiger charge is 2.46. The van der Waals surface area contributed by atoms with E-state index in [1.165, 1.54) is 33.4 Å². The van der Waals surface area contributed by atoms with Crippen LogP contribution in [-0.4, -0.2) is 0 Å². The molecular formula is C49H35BrN2. The Hall–Kier alpha value is -6.16. The molecule has 0 saturated heterocycles. The number of hydrogen-bond acceptors (Lipinski definition) is 2. The summed E-state index contributed by atoms with van der Waals surface area (Å²) in [5.74, 6) is 0. The van der Waals surface area contributed by atoms with E-state index < -0.39 is 5.41 Å². The van der Waals surface area contributed by atoms with Crippen molar-refractivity contribution in [2.24, 2.45) is 0 Å². The van der Waals surface area contributed by atoms with Crippen LogP contribution in [0.15, 0.2) is 217 Å². The second-order valence-electron chi connectivity index (χ2n) is 13.1. The van der Waals surface area contributed by atoms with Gasteiger partial charge in [-0.3, -0.25) is 0 Å². The summed E-state index contributed by atoms with van der Waals surface area (Å²) < 4.78 is 1.07. The van der Waals surface area contributed by atoms with Crippen LogP contribution in [-0.2, 0) is 5.41 Å². The average Bonchev–Trinajstić information content (AvgIpc) is 3.50. The Labute approximate surface area is 314 Å². The molecule has 52 heavy (non-hydrogen) atoms.